The smallest absolute Gasteiger partial charge is 0.0921 e. The first kappa shape index (κ1) is 13.2. The maximum Gasteiger partial charge on any atom is 0.0921 e. The highest BCUT2D eigenvalue weighted by molar-refractivity contribution is 5.09. The van der Waals surface area contributed by atoms with E-state index in [9.17, 15) is 0 Å². The molecular formula is C15H23N3. The number of aromatic nitrogens is 2. The molecule has 3 N–H and O–H groups in total. The summed E-state index contributed by atoms with van der Waals surface area (Å²) < 4.78 is 0. The molecule has 1 fully saturated rings. The largest absolute Gasteiger partial charge is 0.348 e. The highest BCUT2D eigenvalue weighted by atomic mass is 14.9. The third kappa shape index (κ3) is 4.54. The van der Waals surface area contributed by atoms with Crippen LogP contribution in [0.15, 0.2) is 12.5 Å². The Kier molecular flexibility index (Phi) is 5.29. The van der Waals surface area contributed by atoms with E-state index in [2.05, 4.69) is 21.8 Å². The van der Waals surface area contributed by atoms with Crippen LogP contribution in [0.2, 0.25) is 0 Å². The van der Waals surface area contributed by atoms with Crippen LogP contribution in [0, 0.1) is 17.8 Å². The molecule has 1 aromatic heterocycles. The number of nitrogens with two attached hydrogens (primary N) is 1. The van der Waals surface area contributed by atoms with E-state index in [-0.39, 0.29) is 6.04 Å². The van der Waals surface area contributed by atoms with Crippen LogP contribution in [0.1, 0.15) is 50.6 Å². The summed E-state index contributed by atoms with van der Waals surface area (Å²) in [7, 11) is 0. The monoisotopic (exact) mass is 245 g/mol. The van der Waals surface area contributed by atoms with Crippen molar-refractivity contribution in [1.82, 2.24) is 9.97 Å². The number of aromatic amines is 1. The van der Waals surface area contributed by atoms with Gasteiger partial charge in [0.1, 0.15) is 0 Å². The Hall–Kier alpha value is -1.27. The molecule has 1 aromatic rings. The van der Waals surface area contributed by atoms with Crippen LogP contribution < -0.4 is 5.73 Å². The number of H-pyrrole nitrogens is 1. The molecule has 0 unspecified atom stereocenters. The molecule has 3 nitrogen and oxygen atoms in total. The van der Waals surface area contributed by atoms with E-state index in [0.29, 0.717) is 0 Å². The fraction of sp³-hybridized carbons (Fsp3) is 0.667. The van der Waals surface area contributed by atoms with Crippen LogP contribution in [0.25, 0.3) is 0 Å². The molecular weight excluding hydrogens is 222 g/mol. The average Bonchev–Trinajstić information content (AvgIpc) is 2.89. The van der Waals surface area contributed by atoms with Crippen molar-refractivity contribution in [2.45, 2.75) is 57.4 Å². The Balaban J connectivity index is 1.65. The van der Waals surface area contributed by atoms with Gasteiger partial charge in [-0.2, -0.15) is 0 Å². The fourth-order valence-electron chi connectivity index (χ4n) is 2.66. The van der Waals surface area contributed by atoms with Crippen molar-refractivity contribution in [2.24, 2.45) is 11.7 Å². The fourth-order valence-corrected chi connectivity index (χ4v) is 2.66. The molecule has 1 aliphatic rings. The first-order valence-electron chi connectivity index (χ1n) is 7.06. The molecule has 0 amide bonds. The van der Waals surface area contributed by atoms with Gasteiger partial charge in [-0.15, -0.1) is 5.92 Å². The van der Waals surface area contributed by atoms with E-state index in [0.717, 1.165) is 30.9 Å². The van der Waals surface area contributed by atoms with Gasteiger partial charge in [0.2, 0.25) is 0 Å². The molecule has 0 saturated heterocycles. The highest BCUT2D eigenvalue weighted by Crippen LogP contribution is 2.26. The molecule has 1 aliphatic carbocycles. The van der Waals surface area contributed by atoms with Gasteiger partial charge in [0.15, 0.2) is 0 Å². The van der Waals surface area contributed by atoms with Gasteiger partial charge in [0.25, 0.3) is 0 Å². The molecule has 0 spiro atoms. The van der Waals surface area contributed by atoms with E-state index in [1.165, 1.54) is 32.1 Å². The molecule has 1 heterocycles. The van der Waals surface area contributed by atoms with E-state index in [1.54, 1.807) is 6.33 Å². The van der Waals surface area contributed by atoms with E-state index >= 15 is 0 Å². The molecule has 3 heteroatoms. The lowest BCUT2D eigenvalue weighted by atomic mass is 9.85. The second-order valence-corrected chi connectivity index (χ2v) is 5.24. The minimum absolute atomic E-state index is 0.0647. The average molecular weight is 245 g/mol. The maximum absolute atomic E-state index is 6.07. The van der Waals surface area contributed by atoms with Crippen LogP contribution >= 0.6 is 0 Å². The van der Waals surface area contributed by atoms with E-state index in [1.807, 2.05) is 6.20 Å². The molecule has 0 radical (unpaired) electrons. The minimum atomic E-state index is 0.0647. The van der Waals surface area contributed by atoms with Gasteiger partial charge in [-0.3, -0.25) is 0 Å². The molecule has 0 aromatic carbocycles. The van der Waals surface area contributed by atoms with Crippen LogP contribution in [0.3, 0.4) is 0 Å². The number of nitrogens with one attached hydrogen (secondary N) is 1. The molecule has 18 heavy (non-hydrogen) atoms. The van der Waals surface area contributed by atoms with Crippen molar-refractivity contribution in [3.8, 4) is 11.8 Å². The number of hydrogen-bond donors (Lipinski definition) is 2. The lowest BCUT2D eigenvalue weighted by Gasteiger charge is -2.22. The Bertz CT molecular complexity index is 380. The summed E-state index contributed by atoms with van der Waals surface area (Å²) in [5, 5.41) is 0. The van der Waals surface area contributed by atoms with Gasteiger partial charge in [-0.05, 0) is 18.8 Å². The zero-order chi connectivity index (χ0) is 12.6. The number of imidazole rings is 1. The van der Waals surface area contributed by atoms with Gasteiger partial charge < -0.3 is 10.7 Å². The maximum atomic E-state index is 6.07. The van der Waals surface area contributed by atoms with Crippen LogP contribution in [0.4, 0.5) is 0 Å². The zero-order valence-electron chi connectivity index (χ0n) is 11.0. The predicted molar refractivity (Wildman–Crippen MR) is 73.9 cm³/mol. The summed E-state index contributed by atoms with van der Waals surface area (Å²) in [6, 6.07) is 0.0647. The summed E-state index contributed by atoms with van der Waals surface area (Å²) in [5.41, 5.74) is 7.21. The summed E-state index contributed by atoms with van der Waals surface area (Å²) in [5.74, 6) is 7.19. The molecule has 0 bridgehead atoms. The second-order valence-electron chi connectivity index (χ2n) is 5.24. The van der Waals surface area contributed by atoms with Gasteiger partial charge in [-0.25, -0.2) is 4.98 Å². The first-order chi connectivity index (χ1) is 8.84. The Morgan fingerprint density at radius 1 is 1.39 bits per heavy atom. The van der Waals surface area contributed by atoms with Gasteiger partial charge in [0.05, 0.1) is 12.4 Å². The lowest BCUT2D eigenvalue weighted by Crippen LogP contribution is -2.23. The summed E-state index contributed by atoms with van der Waals surface area (Å²) >= 11 is 0. The van der Waals surface area contributed by atoms with Crippen molar-refractivity contribution in [3.05, 3.63) is 18.2 Å². The molecule has 0 aliphatic heterocycles. The van der Waals surface area contributed by atoms with Crippen LogP contribution in [0.5, 0.6) is 0 Å². The topological polar surface area (TPSA) is 54.7 Å². The summed E-state index contributed by atoms with van der Waals surface area (Å²) in [6.07, 6.45) is 13.3. The number of nitrogens with zero attached hydrogens (tertiary/aromatic N) is 1. The SMILES string of the molecule is N[C@@H](C#CCCc1cnc[nH]1)CC1CCCCC1. The molecule has 1 atom stereocenters. The van der Waals surface area contributed by atoms with Gasteiger partial charge >= 0.3 is 0 Å². The summed E-state index contributed by atoms with van der Waals surface area (Å²) in [6.45, 7) is 0. The Morgan fingerprint density at radius 3 is 2.94 bits per heavy atom. The van der Waals surface area contributed by atoms with Crippen molar-refractivity contribution in [3.63, 3.8) is 0 Å². The van der Waals surface area contributed by atoms with Crippen LogP contribution in [-0.4, -0.2) is 16.0 Å². The number of aryl methyl sites for hydroxylation is 1. The second kappa shape index (κ2) is 7.23. The van der Waals surface area contributed by atoms with E-state index in [4.69, 9.17) is 5.73 Å². The highest BCUT2D eigenvalue weighted by Gasteiger charge is 2.15. The van der Waals surface area contributed by atoms with Crippen molar-refractivity contribution in [1.29, 1.82) is 0 Å². The van der Waals surface area contributed by atoms with Gasteiger partial charge in [0, 0.05) is 18.3 Å². The zero-order valence-corrected chi connectivity index (χ0v) is 11.0. The van der Waals surface area contributed by atoms with Crippen molar-refractivity contribution in [2.75, 3.05) is 0 Å². The molecule has 1 saturated carbocycles. The third-order valence-electron chi connectivity index (χ3n) is 3.67. The summed E-state index contributed by atoms with van der Waals surface area (Å²) in [4.78, 5) is 7.07. The Morgan fingerprint density at radius 2 is 2.22 bits per heavy atom. The lowest BCUT2D eigenvalue weighted by molar-refractivity contribution is 0.331. The Labute approximate surface area is 110 Å². The van der Waals surface area contributed by atoms with Crippen LogP contribution in [-0.2, 0) is 6.42 Å². The van der Waals surface area contributed by atoms with Crippen molar-refractivity contribution >= 4 is 0 Å². The third-order valence-corrected chi connectivity index (χ3v) is 3.67. The minimum Gasteiger partial charge on any atom is -0.348 e. The first-order valence-corrected chi connectivity index (χ1v) is 7.06. The molecule has 2 rings (SSSR count). The van der Waals surface area contributed by atoms with Gasteiger partial charge in [-0.1, -0.05) is 38.0 Å². The van der Waals surface area contributed by atoms with Crippen molar-refractivity contribution < 1.29 is 0 Å². The van der Waals surface area contributed by atoms with E-state index < -0.39 is 0 Å². The standard InChI is InChI=1S/C15H23N3/c16-14(10-13-6-2-1-3-7-13)8-4-5-9-15-11-17-12-18-15/h11-14H,1-3,5-7,9-10,16H2,(H,17,18)/t14-/m0/s1. The normalized spacial score (nSPS) is 18.1. The number of rotatable bonds is 4. The number of hydrogen-bond acceptors (Lipinski definition) is 2. The predicted octanol–water partition coefficient (Wildman–Crippen LogP) is 2.64. The molecule has 98 valence electrons. The quantitative estimate of drug-likeness (QED) is 0.801.